The summed E-state index contributed by atoms with van der Waals surface area (Å²) in [6.07, 6.45) is 1.14. The number of nitrogens with one attached hydrogen (secondary N) is 1. The molecule has 100 valence electrons. The maximum atomic E-state index is 9.36. The highest BCUT2D eigenvalue weighted by molar-refractivity contribution is 5.21. The van der Waals surface area contributed by atoms with Crippen LogP contribution in [0.5, 0.6) is 0 Å². The zero-order valence-corrected chi connectivity index (χ0v) is 11.4. The molecule has 1 saturated heterocycles. The van der Waals surface area contributed by atoms with E-state index in [1.165, 1.54) is 11.1 Å². The molecule has 0 aromatic heterocycles. The van der Waals surface area contributed by atoms with E-state index in [1.807, 2.05) is 0 Å². The average Bonchev–Trinajstić information content (AvgIpc) is 2.54. The Bertz CT molecular complexity index is 363. The second-order valence-corrected chi connectivity index (χ2v) is 5.46. The number of benzene rings is 1. The predicted octanol–water partition coefficient (Wildman–Crippen LogP) is 1.54. The van der Waals surface area contributed by atoms with Crippen LogP contribution >= 0.6 is 0 Å². The minimum absolute atomic E-state index is 0.202. The van der Waals surface area contributed by atoms with Crippen LogP contribution in [-0.2, 0) is 6.54 Å². The van der Waals surface area contributed by atoms with Crippen molar-refractivity contribution in [1.82, 2.24) is 10.2 Å². The third-order valence-electron chi connectivity index (χ3n) is 3.62. The normalized spacial score (nSPS) is 25.9. The van der Waals surface area contributed by atoms with Crippen molar-refractivity contribution in [3.63, 3.8) is 0 Å². The molecule has 1 aliphatic rings. The molecule has 18 heavy (non-hydrogen) atoms. The van der Waals surface area contributed by atoms with Gasteiger partial charge in [0.1, 0.15) is 0 Å². The van der Waals surface area contributed by atoms with Crippen LogP contribution in [0.2, 0.25) is 0 Å². The standard InChI is InChI=1S/C15H24N2O/c1-12-3-5-14(6-4-12)9-17-8-7-13(2)16-15(10-17)11-18/h3-6,13,15-16,18H,7-11H2,1-2H3. The van der Waals surface area contributed by atoms with Crippen LogP contribution < -0.4 is 5.32 Å². The molecule has 2 N–H and O–H groups in total. The summed E-state index contributed by atoms with van der Waals surface area (Å²) < 4.78 is 0. The topological polar surface area (TPSA) is 35.5 Å². The smallest absolute Gasteiger partial charge is 0.0597 e. The minimum Gasteiger partial charge on any atom is -0.395 e. The quantitative estimate of drug-likeness (QED) is 0.852. The number of rotatable bonds is 3. The van der Waals surface area contributed by atoms with Crippen LogP contribution in [-0.4, -0.2) is 41.8 Å². The molecule has 0 radical (unpaired) electrons. The van der Waals surface area contributed by atoms with Crippen molar-refractivity contribution in [2.24, 2.45) is 0 Å². The molecule has 1 fully saturated rings. The van der Waals surface area contributed by atoms with Gasteiger partial charge in [-0.25, -0.2) is 0 Å². The molecule has 3 heteroatoms. The first-order valence-electron chi connectivity index (χ1n) is 6.82. The van der Waals surface area contributed by atoms with Gasteiger partial charge in [0.15, 0.2) is 0 Å². The van der Waals surface area contributed by atoms with Gasteiger partial charge in [0.25, 0.3) is 0 Å². The van der Waals surface area contributed by atoms with Crippen molar-refractivity contribution in [2.45, 2.75) is 38.9 Å². The molecule has 0 aliphatic carbocycles. The monoisotopic (exact) mass is 248 g/mol. The van der Waals surface area contributed by atoms with Crippen molar-refractivity contribution in [3.8, 4) is 0 Å². The zero-order valence-electron chi connectivity index (χ0n) is 11.4. The number of hydrogen-bond acceptors (Lipinski definition) is 3. The van der Waals surface area contributed by atoms with Gasteiger partial charge in [-0.2, -0.15) is 0 Å². The second kappa shape index (κ2) is 6.32. The first-order valence-corrected chi connectivity index (χ1v) is 6.82. The second-order valence-electron chi connectivity index (χ2n) is 5.46. The van der Waals surface area contributed by atoms with Crippen molar-refractivity contribution < 1.29 is 5.11 Å². The number of hydrogen-bond donors (Lipinski definition) is 2. The van der Waals surface area contributed by atoms with Gasteiger partial charge in [0, 0.05) is 31.7 Å². The molecule has 1 aromatic rings. The Morgan fingerprint density at radius 3 is 2.72 bits per heavy atom. The Balaban J connectivity index is 1.97. The molecule has 1 heterocycles. The van der Waals surface area contributed by atoms with E-state index in [-0.39, 0.29) is 12.6 Å². The Labute approximate surface area is 110 Å². The molecule has 1 aromatic carbocycles. The van der Waals surface area contributed by atoms with Crippen LogP contribution in [0, 0.1) is 6.92 Å². The number of aliphatic hydroxyl groups is 1. The summed E-state index contributed by atoms with van der Waals surface area (Å²) in [5.74, 6) is 0. The number of aryl methyl sites for hydroxylation is 1. The fraction of sp³-hybridized carbons (Fsp3) is 0.600. The van der Waals surface area contributed by atoms with E-state index in [9.17, 15) is 5.11 Å². The van der Waals surface area contributed by atoms with Crippen molar-refractivity contribution in [2.75, 3.05) is 19.7 Å². The SMILES string of the molecule is Cc1ccc(CN2CCC(C)NC(CO)C2)cc1. The zero-order chi connectivity index (χ0) is 13.0. The first kappa shape index (κ1) is 13.5. The number of nitrogens with zero attached hydrogens (tertiary/aromatic N) is 1. The molecular formula is C15H24N2O. The van der Waals surface area contributed by atoms with Crippen molar-refractivity contribution in [3.05, 3.63) is 35.4 Å². The molecule has 2 rings (SSSR count). The van der Waals surface area contributed by atoms with E-state index in [2.05, 4.69) is 48.3 Å². The fourth-order valence-corrected chi connectivity index (χ4v) is 2.52. The molecule has 0 saturated carbocycles. The maximum absolute atomic E-state index is 9.36. The summed E-state index contributed by atoms with van der Waals surface area (Å²) in [5, 5.41) is 12.8. The molecule has 0 amide bonds. The Morgan fingerprint density at radius 1 is 1.33 bits per heavy atom. The van der Waals surface area contributed by atoms with E-state index in [0.717, 1.165) is 26.1 Å². The lowest BCUT2D eigenvalue weighted by Gasteiger charge is -2.23. The van der Waals surface area contributed by atoms with Gasteiger partial charge < -0.3 is 10.4 Å². The van der Waals surface area contributed by atoms with E-state index >= 15 is 0 Å². The lowest BCUT2D eigenvalue weighted by molar-refractivity contribution is 0.194. The van der Waals surface area contributed by atoms with Gasteiger partial charge in [0.2, 0.25) is 0 Å². The summed E-state index contributed by atoms with van der Waals surface area (Å²) in [7, 11) is 0. The molecular weight excluding hydrogens is 224 g/mol. The Morgan fingerprint density at radius 2 is 2.06 bits per heavy atom. The van der Waals surface area contributed by atoms with Crippen molar-refractivity contribution in [1.29, 1.82) is 0 Å². The maximum Gasteiger partial charge on any atom is 0.0597 e. The van der Waals surface area contributed by atoms with Gasteiger partial charge in [0.05, 0.1) is 6.61 Å². The molecule has 2 unspecified atom stereocenters. The minimum atomic E-state index is 0.202. The van der Waals surface area contributed by atoms with Gasteiger partial charge in [-0.15, -0.1) is 0 Å². The number of aliphatic hydroxyl groups excluding tert-OH is 1. The summed E-state index contributed by atoms with van der Waals surface area (Å²) in [4.78, 5) is 2.43. The van der Waals surface area contributed by atoms with E-state index in [1.54, 1.807) is 0 Å². The summed E-state index contributed by atoms with van der Waals surface area (Å²) >= 11 is 0. The van der Waals surface area contributed by atoms with Crippen LogP contribution in [0.1, 0.15) is 24.5 Å². The van der Waals surface area contributed by atoms with E-state index in [4.69, 9.17) is 0 Å². The fourth-order valence-electron chi connectivity index (χ4n) is 2.52. The van der Waals surface area contributed by atoms with Gasteiger partial charge >= 0.3 is 0 Å². The van der Waals surface area contributed by atoms with Gasteiger partial charge in [-0.05, 0) is 25.8 Å². The summed E-state index contributed by atoms with van der Waals surface area (Å²) in [6.45, 7) is 7.52. The largest absolute Gasteiger partial charge is 0.395 e. The van der Waals surface area contributed by atoms with Crippen molar-refractivity contribution >= 4 is 0 Å². The van der Waals surface area contributed by atoms with Crippen LogP contribution in [0.15, 0.2) is 24.3 Å². The average molecular weight is 248 g/mol. The third kappa shape index (κ3) is 3.80. The Hall–Kier alpha value is -0.900. The molecule has 1 aliphatic heterocycles. The lowest BCUT2D eigenvalue weighted by atomic mass is 10.1. The summed E-state index contributed by atoms with van der Waals surface area (Å²) in [5.41, 5.74) is 2.66. The highest BCUT2D eigenvalue weighted by Crippen LogP contribution is 2.11. The molecule has 0 spiro atoms. The third-order valence-corrected chi connectivity index (χ3v) is 3.62. The Kier molecular flexibility index (Phi) is 4.75. The van der Waals surface area contributed by atoms with Gasteiger partial charge in [-0.1, -0.05) is 29.8 Å². The van der Waals surface area contributed by atoms with Crippen LogP contribution in [0.4, 0.5) is 0 Å². The molecule has 0 bridgehead atoms. The summed E-state index contributed by atoms with van der Waals surface area (Å²) in [6, 6.07) is 9.42. The molecule has 3 nitrogen and oxygen atoms in total. The van der Waals surface area contributed by atoms with Gasteiger partial charge in [-0.3, -0.25) is 4.90 Å². The first-order chi connectivity index (χ1) is 8.67. The predicted molar refractivity (Wildman–Crippen MR) is 74.5 cm³/mol. The lowest BCUT2D eigenvalue weighted by Crippen LogP contribution is -2.42. The van der Waals surface area contributed by atoms with E-state index < -0.39 is 0 Å². The van der Waals surface area contributed by atoms with Crippen LogP contribution in [0.3, 0.4) is 0 Å². The van der Waals surface area contributed by atoms with Crippen LogP contribution in [0.25, 0.3) is 0 Å². The van der Waals surface area contributed by atoms with E-state index in [0.29, 0.717) is 6.04 Å². The molecule has 2 atom stereocenters. The highest BCUT2D eigenvalue weighted by atomic mass is 16.3. The highest BCUT2D eigenvalue weighted by Gasteiger charge is 2.20.